The zero-order valence-electron chi connectivity index (χ0n) is 7.50. The maximum absolute atomic E-state index is 4.44. The number of aryl methyl sites for hydroxylation is 1. The van der Waals surface area contributed by atoms with Crippen LogP contribution in [0.2, 0.25) is 0 Å². The topological polar surface area (TPSA) is 24.9 Å². The van der Waals surface area contributed by atoms with Gasteiger partial charge >= 0.3 is 0 Å². The lowest BCUT2D eigenvalue weighted by Crippen LogP contribution is -1.88. The van der Waals surface area contributed by atoms with Crippen LogP contribution < -0.4 is 5.32 Å². The van der Waals surface area contributed by atoms with Gasteiger partial charge in [0.25, 0.3) is 0 Å². The van der Waals surface area contributed by atoms with Crippen molar-refractivity contribution in [3.05, 3.63) is 23.2 Å². The van der Waals surface area contributed by atoms with Crippen LogP contribution in [0, 0.1) is 6.92 Å². The van der Waals surface area contributed by atoms with E-state index in [1.54, 1.807) is 11.3 Å². The van der Waals surface area contributed by atoms with Crippen LogP contribution in [0.1, 0.15) is 5.01 Å². The molecule has 0 saturated heterocycles. The molecule has 2 nitrogen and oxygen atoms in total. The van der Waals surface area contributed by atoms with Crippen LogP contribution in [-0.2, 0) is 0 Å². The van der Waals surface area contributed by atoms with E-state index in [-0.39, 0.29) is 12.4 Å². The fourth-order valence-corrected chi connectivity index (χ4v) is 2.12. The van der Waals surface area contributed by atoms with Gasteiger partial charge in [0.05, 0.1) is 15.4 Å². The van der Waals surface area contributed by atoms with E-state index in [1.165, 1.54) is 4.70 Å². The van der Waals surface area contributed by atoms with Gasteiger partial charge in [-0.2, -0.15) is 0 Å². The van der Waals surface area contributed by atoms with E-state index in [0.29, 0.717) is 0 Å². The quantitative estimate of drug-likeness (QED) is 0.789. The van der Waals surface area contributed by atoms with Crippen molar-refractivity contribution in [3.63, 3.8) is 0 Å². The third-order valence-corrected chi connectivity index (χ3v) is 2.73. The largest absolute Gasteiger partial charge is 0.386 e. The summed E-state index contributed by atoms with van der Waals surface area (Å²) in [5, 5.41) is 4.25. The highest BCUT2D eigenvalue weighted by Crippen LogP contribution is 2.26. The van der Waals surface area contributed by atoms with E-state index < -0.39 is 0 Å². The molecule has 0 saturated carbocycles. The monoisotopic (exact) mass is 214 g/mol. The van der Waals surface area contributed by atoms with Crippen LogP contribution in [-0.4, -0.2) is 12.0 Å². The Labute approximate surface area is 87.4 Å². The maximum Gasteiger partial charge on any atom is 0.105 e. The first-order chi connectivity index (χ1) is 5.81. The molecule has 0 amide bonds. The number of rotatable bonds is 1. The Morgan fingerprint density at radius 3 is 2.85 bits per heavy atom. The van der Waals surface area contributed by atoms with Gasteiger partial charge in [-0.3, -0.25) is 0 Å². The van der Waals surface area contributed by atoms with Crippen molar-refractivity contribution < 1.29 is 0 Å². The second kappa shape index (κ2) is 3.94. The summed E-state index contributed by atoms with van der Waals surface area (Å²) in [6, 6.07) is 6.19. The maximum atomic E-state index is 4.44. The van der Waals surface area contributed by atoms with Crippen LogP contribution in [0.4, 0.5) is 5.69 Å². The summed E-state index contributed by atoms with van der Waals surface area (Å²) in [6.45, 7) is 2.03. The Hall–Kier alpha value is -0.800. The highest BCUT2D eigenvalue weighted by Gasteiger charge is 2.02. The van der Waals surface area contributed by atoms with Crippen molar-refractivity contribution in [3.8, 4) is 0 Å². The summed E-state index contributed by atoms with van der Waals surface area (Å²) < 4.78 is 1.25. The molecule has 1 N–H and O–H groups in total. The second-order valence-corrected chi connectivity index (χ2v) is 3.87. The fourth-order valence-electron chi connectivity index (χ4n) is 1.26. The van der Waals surface area contributed by atoms with Gasteiger partial charge in [-0.1, -0.05) is 6.07 Å². The number of para-hydroxylation sites is 1. The molecule has 1 aromatic carbocycles. The van der Waals surface area contributed by atoms with Crippen molar-refractivity contribution >= 4 is 39.6 Å². The Morgan fingerprint density at radius 1 is 1.38 bits per heavy atom. The van der Waals surface area contributed by atoms with Crippen molar-refractivity contribution in [2.24, 2.45) is 0 Å². The van der Waals surface area contributed by atoms with E-state index >= 15 is 0 Å². The van der Waals surface area contributed by atoms with E-state index in [9.17, 15) is 0 Å². The number of thiazole rings is 1. The first kappa shape index (κ1) is 10.3. The fraction of sp³-hybridized carbons (Fsp3) is 0.222. The molecule has 0 radical (unpaired) electrons. The minimum absolute atomic E-state index is 0. The molecule has 70 valence electrons. The molecule has 0 unspecified atom stereocenters. The van der Waals surface area contributed by atoms with Gasteiger partial charge in [0.2, 0.25) is 0 Å². The van der Waals surface area contributed by atoms with Gasteiger partial charge in [-0.05, 0) is 19.1 Å². The van der Waals surface area contributed by atoms with E-state index in [4.69, 9.17) is 0 Å². The summed E-state index contributed by atoms with van der Waals surface area (Å²) in [5.41, 5.74) is 2.19. The molecule has 4 heteroatoms. The molecule has 0 aliphatic carbocycles. The molecule has 0 aliphatic rings. The summed E-state index contributed by atoms with van der Waals surface area (Å²) in [4.78, 5) is 4.44. The minimum atomic E-state index is 0. The van der Waals surface area contributed by atoms with Gasteiger partial charge in [0, 0.05) is 7.05 Å². The molecular weight excluding hydrogens is 204 g/mol. The van der Waals surface area contributed by atoms with Crippen LogP contribution in [0.5, 0.6) is 0 Å². The average molecular weight is 215 g/mol. The zero-order valence-corrected chi connectivity index (χ0v) is 9.13. The number of aromatic nitrogens is 1. The van der Waals surface area contributed by atoms with E-state index in [2.05, 4.69) is 16.4 Å². The van der Waals surface area contributed by atoms with Gasteiger partial charge < -0.3 is 5.32 Å². The molecule has 1 aromatic heterocycles. The van der Waals surface area contributed by atoms with Crippen LogP contribution >= 0.6 is 23.7 Å². The third kappa shape index (κ3) is 1.76. The smallest absolute Gasteiger partial charge is 0.105 e. The average Bonchev–Trinajstić information content (AvgIpc) is 2.44. The molecule has 0 spiro atoms. The lowest BCUT2D eigenvalue weighted by molar-refractivity contribution is 1.34. The highest BCUT2D eigenvalue weighted by atomic mass is 35.5. The van der Waals surface area contributed by atoms with Gasteiger partial charge in [-0.15, -0.1) is 23.7 Å². The molecule has 2 rings (SSSR count). The number of nitrogens with one attached hydrogen (secondary N) is 1. The first-order valence-corrected chi connectivity index (χ1v) is 4.67. The molecule has 0 bridgehead atoms. The predicted octanol–water partition coefficient (Wildman–Crippen LogP) is 3.07. The molecule has 0 atom stereocenters. The predicted molar refractivity (Wildman–Crippen MR) is 61.2 cm³/mol. The SMILES string of the molecule is CNc1cccc2sc(C)nc12.Cl. The summed E-state index contributed by atoms with van der Waals surface area (Å²) in [5.74, 6) is 0. The molecule has 0 fully saturated rings. The highest BCUT2D eigenvalue weighted by molar-refractivity contribution is 7.18. The van der Waals surface area contributed by atoms with Gasteiger partial charge in [0.15, 0.2) is 0 Å². The Bertz CT molecular complexity index is 411. The lowest BCUT2D eigenvalue weighted by atomic mass is 10.3. The zero-order chi connectivity index (χ0) is 8.55. The normalized spacial score (nSPS) is 9.69. The lowest BCUT2D eigenvalue weighted by Gasteiger charge is -1.98. The number of anilines is 1. The number of halogens is 1. The molecular formula is C9H11ClN2S. The number of fused-ring (bicyclic) bond motifs is 1. The number of hydrogen-bond acceptors (Lipinski definition) is 3. The molecule has 2 aromatic rings. The van der Waals surface area contributed by atoms with Crippen LogP contribution in [0.3, 0.4) is 0 Å². The summed E-state index contributed by atoms with van der Waals surface area (Å²) >= 11 is 1.73. The standard InChI is InChI=1S/C9H10N2S.ClH/c1-6-11-9-7(10-2)4-3-5-8(9)12-6;/h3-5,10H,1-2H3;1H. The van der Waals surface area contributed by atoms with E-state index in [0.717, 1.165) is 16.2 Å². The third-order valence-electron chi connectivity index (χ3n) is 1.80. The number of nitrogens with zero attached hydrogens (tertiary/aromatic N) is 1. The van der Waals surface area contributed by atoms with E-state index in [1.807, 2.05) is 26.1 Å². The Morgan fingerprint density at radius 2 is 2.15 bits per heavy atom. The minimum Gasteiger partial charge on any atom is -0.386 e. The van der Waals surface area contributed by atoms with Gasteiger partial charge in [0.1, 0.15) is 5.52 Å². The molecule has 13 heavy (non-hydrogen) atoms. The van der Waals surface area contributed by atoms with Gasteiger partial charge in [-0.25, -0.2) is 4.98 Å². The Balaban J connectivity index is 0.000000845. The van der Waals surface area contributed by atoms with Crippen LogP contribution in [0.25, 0.3) is 10.2 Å². The molecule has 0 aliphatic heterocycles. The first-order valence-electron chi connectivity index (χ1n) is 3.85. The van der Waals surface area contributed by atoms with Crippen molar-refractivity contribution in [2.45, 2.75) is 6.92 Å². The number of benzene rings is 1. The van der Waals surface area contributed by atoms with Crippen LogP contribution in [0.15, 0.2) is 18.2 Å². The Kier molecular flexibility index (Phi) is 3.12. The molecule has 1 heterocycles. The summed E-state index contributed by atoms with van der Waals surface area (Å²) in [6.07, 6.45) is 0. The summed E-state index contributed by atoms with van der Waals surface area (Å²) in [7, 11) is 1.92. The van der Waals surface area contributed by atoms with Crippen molar-refractivity contribution in [2.75, 3.05) is 12.4 Å². The second-order valence-electron chi connectivity index (χ2n) is 2.64. The number of hydrogen-bond donors (Lipinski definition) is 1. The van der Waals surface area contributed by atoms with Crippen molar-refractivity contribution in [1.29, 1.82) is 0 Å². The van der Waals surface area contributed by atoms with Crippen molar-refractivity contribution in [1.82, 2.24) is 4.98 Å².